The molecule has 0 aromatic carbocycles. The number of carbonyl (C=O) groups excluding carboxylic acids is 1. The third-order valence-electron chi connectivity index (χ3n) is 4.18. The number of hydrogen-bond donors (Lipinski definition) is 1. The van der Waals surface area contributed by atoms with Crippen LogP contribution in [-0.2, 0) is 9.22 Å². The number of nitrogens with zero attached hydrogens (tertiary/aromatic N) is 2. The van der Waals surface area contributed by atoms with Gasteiger partial charge in [0.1, 0.15) is 5.69 Å². The smallest absolute Gasteiger partial charge is 0.328 e. The van der Waals surface area contributed by atoms with Crippen LogP contribution in [-0.4, -0.2) is 54.9 Å². The minimum absolute atomic E-state index is 0.0284. The molecule has 1 heterocycles. The number of carbonyl (C=O) groups is 2. The maximum Gasteiger partial charge on any atom is 0.328 e. The highest BCUT2D eigenvalue weighted by Crippen LogP contribution is 2.36. The number of amides is 1. The first-order valence-electron chi connectivity index (χ1n) is 7.12. The van der Waals surface area contributed by atoms with Gasteiger partial charge >= 0.3 is 5.97 Å². The lowest BCUT2D eigenvalue weighted by Gasteiger charge is -2.37. The van der Waals surface area contributed by atoms with Crippen LogP contribution >= 0.6 is 27.3 Å². The zero-order valence-electron chi connectivity index (χ0n) is 14.2. The molecule has 0 spiro atoms. The second-order valence-corrected chi connectivity index (χ2v) is 13.8. The lowest BCUT2D eigenvalue weighted by Crippen LogP contribution is -2.50. The molecule has 0 fully saturated rings. The van der Waals surface area contributed by atoms with Crippen molar-refractivity contribution < 1.29 is 19.1 Å². The van der Waals surface area contributed by atoms with E-state index in [0.29, 0.717) is 3.92 Å². The van der Waals surface area contributed by atoms with Gasteiger partial charge in [-0.1, -0.05) is 20.8 Å². The molecule has 1 aromatic heterocycles. The first-order chi connectivity index (χ1) is 10.4. The molecule has 1 N–H and O–H groups in total. The average Bonchev–Trinajstić information content (AvgIpc) is 2.82. The highest BCUT2D eigenvalue weighted by Gasteiger charge is 2.39. The molecule has 0 aliphatic carbocycles. The Kier molecular flexibility index (Phi) is 6.53. The van der Waals surface area contributed by atoms with Crippen LogP contribution in [0.1, 0.15) is 31.3 Å². The van der Waals surface area contributed by atoms with Crippen molar-refractivity contribution in [2.24, 2.45) is 0 Å². The number of halogens is 1. The predicted octanol–water partition coefficient (Wildman–Crippen LogP) is 3.45. The molecule has 0 radical (unpaired) electrons. The molecule has 6 nitrogen and oxygen atoms in total. The van der Waals surface area contributed by atoms with E-state index in [-0.39, 0.29) is 17.3 Å². The summed E-state index contributed by atoms with van der Waals surface area (Å²) in [6.07, 6.45) is 0. The van der Waals surface area contributed by atoms with Crippen LogP contribution in [0.15, 0.2) is 9.30 Å². The zero-order chi connectivity index (χ0) is 18.0. The summed E-state index contributed by atoms with van der Waals surface area (Å²) < 4.78 is 6.55. The van der Waals surface area contributed by atoms with Gasteiger partial charge in [-0.05, 0) is 34.1 Å². The van der Waals surface area contributed by atoms with E-state index in [1.54, 1.807) is 5.38 Å². The number of aromatic nitrogens is 1. The molecular formula is C14H23BrN2O4SSi. The lowest BCUT2D eigenvalue weighted by atomic mass is 10.2. The average molecular weight is 423 g/mol. The van der Waals surface area contributed by atoms with Crippen molar-refractivity contribution in [2.75, 3.05) is 13.7 Å². The quantitative estimate of drug-likeness (QED) is 0.709. The molecule has 0 aliphatic heterocycles. The van der Waals surface area contributed by atoms with Crippen molar-refractivity contribution in [3.8, 4) is 0 Å². The van der Waals surface area contributed by atoms with Gasteiger partial charge in [-0.25, -0.2) is 9.78 Å². The molecule has 0 saturated heterocycles. The molecule has 1 rings (SSSR count). The second-order valence-electron chi connectivity index (χ2n) is 6.83. The molecule has 0 saturated carbocycles. The number of rotatable bonds is 6. The Morgan fingerprint density at radius 1 is 1.48 bits per heavy atom. The Balaban J connectivity index is 2.86. The molecule has 1 unspecified atom stereocenters. The Bertz CT molecular complexity index is 586. The number of aliphatic carboxylic acids is 1. The van der Waals surface area contributed by atoms with E-state index < -0.39 is 26.2 Å². The largest absolute Gasteiger partial charge is 0.480 e. The first-order valence-corrected chi connectivity index (χ1v) is 11.7. The van der Waals surface area contributed by atoms with Crippen molar-refractivity contribution in [3.05, 3.63) is 15.0 Å². The van der Waals surface area contributed by atoms with Crippen LogP contribution in [0.25, 0.3) is 0 Å². The monoisotopic (exact) mass is 422 g/mol. The van der Waals surface area contributed by atoms with Gasteiger partial charge in [0.05, 0.1) is 6.61 Å². The molecular weight excluding hydrogens is 400 g/mol. The summed E-state index contributed by atoms with van der Waals surface area (Å²) in [5.74, 6) is -1.52. The van der Waals surface area contributed by atoms with Gasteiger partial charge in [-0.15, -0.1) is 11.3 Å². The van der Waals surface area contributed by atoms with Crippen molar-refractivity contribution >= 4 is 47.5 Å². The zero-order valence-corrected chi connectivity index (χ0v) is 17.6. The second kappa shape index (κ2) is 7.41. The summed E-state index contributed by atoms with van der Waals surface area (Å²) >= 11 is 4.47. The third kappa shape index (κ3) is 5.10. The van der Waals surface area contributed by atoms with Crippen molar-refractivity contribution in [3.63, 3.8) is 0 Å². The van der Waals surface area contributed by atoms with Crippen LogP contribution in [0.2, 0.25) is 18.1 Å². The Morgan fingerprint density at radius 2 is 2.04 bits per heavy atom. The molecule has 23 heavy (non-hydrogen) atoms. The van der Waals surface area contributed by atoms with E-state index in [9.17, 15) is 14.7 Å². The summed E-state index contributed by atoms with van der Waals surface area (Å²) in [5.41, 5.74) is 0.225. The molecule has 1 aromatic rings. The third-order valence-corrected chi connectivity index (χ3v) is 10.0. The number of thiazole rings is 1. The first kappa shape index (κ1) is 20.3. The van der Waals surface area contributed by atoms with E-state index in [1.807, 2.05) is 13.1 Å². The van der Waals surface area contributed by atoms with Crippen LogP contribution in [0.4, 0.5) is 0 Å². The fourth-order valence-corrected chi connectivity index (χ4v) is 3.52. The minimum Gasteiger partial charge on any atom is -0.480 e. The van der Waals surface area contributed by atoms with Gasteiger partial charge in [0.15, 0.2) is 18.3 Å². The maximum absolute atomic E-state index is 12.4. The van der Waals surface area contributed by atoms with Gasteiger partial charge < -0.3 is 14.4 Å². The SMILES string of the molecule is CN(C(=O)c1csc(Br)n1)C(CO[Si](C)(C)C(C)(C)C)C(=O)O. The standard InChI is InChI=1S/C14H23BrN2O4SSi/c1-14(2,3)23(5,6)21-7-10(12(19)20)17(4)11(18)9-8-22-13(15)16-9/h8,10H,7H2,1-6H3,(H,19,20). The number of carboxylic acids is 1. The summed E-state index contributed by atoms with van der Waals surface area (Å²) in [4.78, 5) is 29.1. The van der Waals surface area contributed by atoms with E-state index in [1.165, 1.54) is 23.3 Å². The topological polar surface area (TPSA) is 79.7 Å². The highest BCUT2D eigenvalue weighted by atomic mass is 79.9. The van der Waals surface area contributed by atoms with Crippen molar-refractivity contribution in [2.45, 2.75) is 44.9 Å². The van der Waals surface area contributed by atoms with Crippen molar-refractivity contribution in [1.82, 2.24) is 9.88 Å². The van der Waals surface area contributed by atoms with Crippen LogP contribution in [0.5, 0.6) is 0 Å². The molecule has 1 atom stereocenters. The van der Waals surface area contributed by atoms with Crippen LogP contribution < -0.4 is 0 Å². The van der Waals surface area contributed by atoms with Gasteiger partial charge in [0.25, 0.3) is 5.91 Å². The Labute approximate surface area is 150 Å². The van der Waals surface area contributed by atoms with E-state index in [4.69, 9.17) is 4.43 Å². The number of hydrogen-bond acceptors (Lipinski definition) is 5. The molecule has 9 heteroatoms. The van der Waals surface area contributed by atoms with Gasteiger partial charge in [-0.3, -0.25) is 4.79 Å². The Hall–Kier alpha value is -0.773. The van der Waals surface area contributed by atoms with Crippen LogP contribution in [0, 0.1) is 0 Å². The van der Waals surface area contributed by atoms with E-state index >= 15 is 0 Å². The van der Waals surface area contributed by atoms with Gasteiger partial charge in [0, 0.05) is 12.4 Å². The summed E-state index contributed by atoms with van der Waals surface area (Å²) in [5, 5.41) is 11.0. The molecule has 0 aliphatic rings. The fourth-order valence-electron chi connectivity index (χ4n) is 1.52. The highest BCUT2D eigenvalue weighted by molar-refractivity contribution is 9.11. The van der Waals surface area contributed by atoms with Crippen molar-refractivity contribution in [1.29, 1.82) is 0 Å². The Morgan fingerprint density at radius 3 is 2.43 bits per heavy atom. The normalized spacial score (nSPS) is 13.7. The number of likely N-dealkylation sites (N-methyl/N-ethyl adjacent to an activating group) is 1. The predicted molar refractivity (Wildman–Crippen MR) is 96.5 cm³/mol. The summed E-state index contributed by atoms with van der Waals surface area (Å²) in [6, 6.07) is -1.04. The lowest BCUT2D eigenvalue weighted by molar-refractivity contribution is -0.143. The van der Waals surface area contributed by atoms with Gasteiger partial charge in [0.2, 0.25) is 0 Å². The number of carboxylic acid groups (broad SMARTS) is 1. The van der Waals surface area contributed by atoms with Gasteiger partial charge in [-0.2, -0.15) is 0 Å². The van der Waals surface area contributed by atoms with Crippen LogP contribution in [0.3, 0.4) is 0 Å². The minimum atomic E-state index is -2.09. The summed E-state index contributed by atoms with van der Waals surface area (Å²) in [6.45, 7) is 10.3. The van der Waals surface area contributed by atoms with E-state index in [0.717, 1.165) is 0 Å². The molecule has 0 bridgehead atoms. The maximum atomic E-state index is 12.4. The summed E-state index contributed by atoms with van der Waals surface area (Å²) in [7, 11) is -0.630. The fraction of sp³-hybridized carbons (Fsp3) is 0.643. The molecule has 130 valence electrons. The molecule has 1 amide bonds. The van der Waals surface area contributed by atoms with E-state index in [2.05, 4.69) is 41.7 Å².